The maximum Gasteiger partial charge on any atom is 0.140 e. The van der Waals surface area contributed by atoms with E-state index in [9.17, 15) is 4.79 Å². The van der Waals surface area contributed by atoms with Crippen LogP contribution >= 0.6 is 0 Å². The minimum Gasteiger partial charge on any atom is -0.299 e. The van der Waals surface area contributed by atoms with Crippen LogP contribution in [0.15, 0.2) is 12.2 Å². The van der Waals surface area contributed by atoms with E-state index in [4.69, 9.17) is 0 Å². The van der Waals surface area contributed by atoms with Gasteiger partial charge in [-0.2, -0.15) is 0 Å². The molecule has 3 unspecified atom stereocenters. The Morgan fingerprint density at radius 2 is 1.89 bits per heavy atom. The van der Waals surface area contributed by atoms with Crippen LogP contribution in [0.1, 0.15) is 67.2 Å². The van der Waals surface area contributed by atoms with Crippen LogP contribution < -0.4 is 0 Å². The SMILES string of the molecule is C=C(C)CC12C(=O)CCCC1C(C)(C)C(C)C2(C)C. The first-order valence-electron chi connectivity index (χ1n) is 7.76. The summed E-state index contributed by atoms with van der Waals surface area (Å²) in [7, 11) is 0. The van der Waals surface area contributed by atoms with Crippen LogP contribution in [0, 0.1) is 28.1 Å². The molecule has 2 saturated carbocycles. The second kappa shape index (κ2) is 4.20. The average molecular weight is 262 g/mol. The fourth-order valence-corrected chi connectivity index (χ4v) is 5.49. The minimum absolute atomic E-state index is 0.0671. The van der Waals surface area contributed by atoms with Crippen molar-refractivity contribution in [2.45, 2.75) is 67.2 Å². The molecule has 2 aliphatic carbocycles. The van der Waals surface area contributed by atoms with Gasteiger partial charge in [0.1, 0.15) is 5.78 Å². The lowest BCUT2D eigenvalue weighted by Gasteiger charge is -2.48. The summed E-state index contributed by atoms with van der Waals surface area (Å²) >= 11 is 0. The van der Waals surface area contributed by atoms with Gasteiger partial charge in [0, 0.05) is 11.8 Å². The molecule has 108 valence electrons. The first-order valence-corrected chi connectivity index (χ1v) is 7.76. The third kappa shape index (κ3) is 1.69. The smallest absolute Gasteiger partial charge is 0.140 e. The Kier molecular flexibility index (Phi) is 3.27. The number of carbonyl (C=O) groups excluding carboxylic acids is 1. The van der Waals surface area contributed by atoms with Gasteiger partial charge < -0.3 is 0 Å². The Bertz CT molecular complexity index is 415. The predicted molar refractivity (Wildman–Crippen MR) is 80.9 cm³/mol. The van der Waals surface area contributed by atoms with E-state index in [-0.39, 0.29) is 16.2 Å². The van der Waals surface area contributed by atoms with Crippen molar-refractivity contribution >= 4 is 5.78 Å². The second-order valence-corrected chi connectivity index (χ2v) is 8.24. The third-order valence-electron chi connectivity index (χ3n) is 6.82. The normalized spacial score (nSPS) is 40.0. The molecular weight excluding hydrogens is 232 g/mol. The largest absolute Gasteiger partial charge is 0.299 e. The molecule has 2 rings (SSSR count). The van der Waals surface area contributed by atoms with Gasteiger partial charge in [-0.1, -0.05) is 40.2 Å². The molecule has 0 radical (unpaired) electrons. The van der Waals surface area contributed by atoms with Gasteiger partial charge in [0.15, 0.2) is 0 Å². The number of Topliss-reactive ketones (excluding diaryl/α,β-unsaturated/α-hetero) is 1. The van der Waals surface area contributed by atoms with E-state index in [1.807, 2.05) is 0 Å². The van der Waals surface area contributed by atoms with Crippen molar-refractivity contribution in [3.05, 3.63) is 12.2 Å². The van der Waals surface area contributed by atoms with Crippen molar-refractivity contribution in [3.8, 4) is 0 Å². The van der Waals surface area contributed by atoms with Gasteiger partial charge in [-0.3, -0.25) is 4.79 Å². The molecule has 0 aromatic carbocycles. The summed E-state index contributed by atoms with van der Waals surface area (Å²) in [4.78, 5) is 12.9. The molecule has 0 aromatic heterocycles. The molecular formula is C18H30O. The maximum atomic E-state index is 12.9. The standard InChI is InChI=1S/C18H30O/c1-12(2)11-18-14(9-8-10-15(18)19)16(4,5)13(3)17(18,6)7/h13-14H,1,8-11H2,2-7H3. The zero-order valence-electron chi connectivity index (χ0n) is 13.6. The van der Waals surface area contributed by atoms with E-state index < -0.39 is 0 Å². The number of carbonyl (C=O) groups is 1. The lowest BCUT2D eigenvalue weighted by atomic mass is 9.54. The zero-order valence-corrected chi connectivity index (χ0v) is 13.6. The molecule has 19 heavy (non-hydrogen) atoms. The van der Waals surface area contributed by atoms with E-state index in [2.05, 4.69) is 48.1 Å². The van der Waals surface area contributed by atoms with E-state index in [1.54, 1.807) is 0 Å². The maximum absolute atomic E-state index is 12.9. The summed E-state index contributed by atoms with van der Waals surface area (Å²) in [6, 6.07) is 0. The molecule has 1 heteroatoms. The van der Waals surface area contributed by atoms with Gasteiger partial charge in [-0.25, -0.2) is 0 Å². The average Bonchev–Trinajstić information content (AvgIpc) is 2.39. The Labute approximate surface area is 118 Å². The molecule has 0 spiro atoms. The highest BCUT2D eigenvalue weighted by Gasteiger charge is 2.69. The summed E-state index contributed by atoms with van der Waals surface area (Å²) in [5.74, 6) is 1.59. The Balaban J connectivity index is 2.63. The molecule has 0 saturated heterocycles. The summed E-state index contributed by atoms with van der Waals surface area (Å²) in [5, 5.41) is 0. The Morgan fingerprint density at radius 1 is 1.32 bits per heavy atom. The van der Waals surface area contributed by atoms with E-state index in [1.165, 1.54) is 12.0 Å². The van der Waals surface area contributed by atoms with Crippen molar-refractivity contribution in [1.29, 1.82) is 0 Å². The van der Waals surface area contributed by atoms with Gasteiger partial charge in [0.25, 0.3) is 0 Å². The van der Waals surface area contributed by atoms with E-state index >= 15 is 0 Å². The number of ketones is 1. The second-order valence-electron chi connectivity index (χ2n) is 8.24. The van der Waals surface area contributed by atoms with Crippen LogP contribution in [-0.2, 0) is 4.79 Å². The zero-order chi connectivity index (χ0) is 14.6. The van der Waals surface area contributed by atoms with Crippen molar-refractivity contribution in [2.75, 3.05) is 0 Å². The predicted octanol–water partition coefficient (Wildman–Crippen LogP) is 5.01. The molecule has 0 aliphatic heterocycles. The highest BCUT2D eigenvalue weighted by molar-refractivity contribution is 5.88. The highest BCUT2D eigenvalue weighted by Crippen LogP contribution is 2.71. The van der Waals surface area contributed by atoms with Crippen LogP contribution in [0.25, 0.3) is 0 Å². The van der Waals surface area contributed by atoms with Gasteiger partial charge in [0.2, 0.25) is 0 Å². The van der Waals surface area contributed by atoms with E-state index in [0.717, 1.165) is 19.3 Å². The summed E-state index contributed by atoms with van der Waals surface area (Å²) < 4.78 is 0. The fraction of sp³-hybridized carbons (Fsp3) is 0.833. The molecule has 0 aromatic rings. The fourth-order valence-electron chi connectivity index (χ4n) is 5.49. The van der Waals surface area contributed by atoms with Crippen LogP contribution in [0.5, 0.6) is 0 Å². The highest BCUT2D eigenvalue weighted by atomic mass is 16.1. The van der Waals surface area contributed by atoms with Gasteiger partial charge >= 0.3 is 0 Å². The molecule has 1 nitrogen and oxygen atoms in total. The molecule has 2 fully saturated rings. The van der Waals surface area contributed by atoms with Crippen molar-refractivity contribution < 1.29 is 4.79 Å². The third-order valence-corrected chi connectivity index (χ3v) is 6.82. The number of fused-ring (bicyclic) bond motifs is 1. The molecule has 0 N–H and O–H groups in total. The monoisotopic (exact) mass is 262 g/mol. The van der Waals surface area contributed by atoms with Crippen molar-refractivity contribution in [2.24, 2.45) is 28.1 Å². The van der Waals surface area contributed by atoms with Crippen LogP contribution in [0.2, 0.25) is 0 Å². The first-order chi connectivity index (χ1) is 8.58. The van der Waals surface area contributed by atoms with Gasteiger partial charge in [0.05, 0.1) is 0 Å². The first kappa shape index (κ1) is 14.8. The topological polar surface area (TPSA) is 17.1 Å². The minimum atomic E-state index is -0.167. The van der Waals surface area contributed by atoms with Gasteiger partial charge in [-0.15, -0.1) is 6.58 Å². The molecule has 0 heterocycles. The Morgan fingerprint density at radius 3 is 2.42 bits per heavy atom. The number of hydrogen-bond acceptors (Lipinski definition) is 1. The molecule has 3 atom stereocenters. The van der Waals surface area contributed by atoms with Crippen LogP contribution in [0.4, 0.5) is 0 Å². The van der Waals surface area contributed by atoms with Crippen molar-refractivity contribution in [3.63, 3.8) is 0 Å². The lowest BCUT2D eigenvalue weighted by Crippen LogP contribution is -2.49. The van der Waals surface area contributed by atoms with Gasteiger partial charge in [-0.05, 0) is 48.9 Å². The molecule has 2 aliphatic rings. The van der Waals surface area contributed by atoms with Crippen LogP contribution in [0.3, 0.4) is 0 Å². The Hall–Kier alpha value is -0.590. The van der Waals surface area contributed by atoms with Crippen LogP contribution in [-0.4, -0.2) is 5.78 Å². The molecule has 0 bridgehead atoms. The quantitative estimate of drug-likeness (QED) is 0.639. The molecule has 0 amide bonds. The van der Waals surface area contributed by atoms with Crippen molar-refractivity contribution in [1.82, 2.24) is 0 Å². The summed E-state index contributed by atoms with van der Waals surface area (Å²) in [6.45, 7) is 18.0. The van der Waals surface area contributed by atoms with E-state index in [0.29, 0.717) is 17.6 Å². The number of hydrogen-bond donors (Lipinski definition) is 0. The number of rotatable bonds is 2. The lowest BCUT2D eigenvalue weighted by molar-refractivity contribution is -0.142. The summed E-state index contributed by atoms with van der Waals surface area (Å²) in [5.41, 5.74) is 1.31. The summed E-state index contributed by atoms with van der Waals surface area (Å²) in [6.07, 6.45) is 3.95. The number of allylic oxidation sites excluding steroid dienone is 1.